The van der Waals surface area contributed by atoms with Gasteiger partial charge in [0.1, 0.15) is 5.82 Å². The van der Waals surface area contributed by atoms with E-state index in [0.717, 1.165) is 0 Å². The van der Waals surface area contributed by atoms with Crippen LogP contribution in [-0.2, 0) is 9.53 Å². The van der Waals surface area contributed by atoms with Gasteiger partial charge in [-0.3, -0.25) is 0 Å². The van der Waals surface area contributed by atoms with E-state index in [2.05, 4.69) is 32.5 Å². The molecule has 0 saturated heterocycles. The summed E-state index contributed by atoms with van der Waals surface area (Å²) in [4.78, 5) is 10.6. The van der Waals surface area contributed by atoms with Crippen LogP contribution in [-0.4, -0.2) is 13.1 Å². The summed E-state index contributed by atoms with van der Waals surface area (Å²) in [6.07, 6.45) is 0. The van der Waals surface area contributed by atoms with E-state index in [0.29, 0.717) is 10.0 Å². The molecule has 0 heterocycles. The molecule has 0 aliphatic rings. The molecule has 0 amide bonds. The van der Waals surface area contributed by atoms with Crippen molar-refractivity contribution in [3.63, 3.8) is 0 Å². The third-order valence-electron chi connectivity index (χ3n) is 1.41. The molecule has 0 fully saturated rings. The molecule has 0 N–H and O–H groups in total. The van der Waals surface area contributed by atoms with Crippen LogP contribution in [0.25, 0.3) is 0 Å². The van der Waals surface area contributed by atoms with Crippen molar-refractivity contribution in [2.24, 2.45) is 0 Å². The van der Waals surface area contributed by atoms with Gasteiger partial charge in [0.2, 0.25) is 0 Å². The first-order chi connectivity index (χ1) is 6.63. The Morgan fingerprint density at radius 2 is 2.29 bits per heavy atom. The molecule has 0 aliphatic heterocycles. The zero-order valence-electron chi connectivity index (χ0n) is 7.30. The van der Waals surface area contributed by atoms with Crippen LogP contribution in [0.1, 0.15) is 5.56 Å². The summed E-state index contributed by atoms with van der Waals surface area (Å²) in [5.41, 5.74) is 0.427. The number of carbonyl (C=O) groups is 1. The van der Waals surface area contributed by atoms with Crippen molar-refractivity contribution in [2.45, 2.75) is 0 Å². The second-order valence-corrected chi connectivity index (χ2v) is 3.22. The maximum Gasteiger partial charge on any atom is 0.384 e. The molecule has 0 unspecified atom stereocenters. The Balaban J connectivity index is 2.91. The van der Waals surface area contributed by atoms with Crippen molar-refractivity contribution < 1.29 is 13.9 Å². The lowest BCUT2D eigenvalue weighted by Crippen LogP contribution is -1.94. The topological polar surface area (TPSA) is 26.3 Å². The molecule has 0 aromatic heterocycles. The molecular weight excluding hydrogens is 251 g/mol. The van der Waals surface area contributed by atoms with Crippen LogP contribution >= 0.6 is 15.9 Å². The minimum atomic E-state index is -0.645. The lowest BCUT2D eigenvalue weighted by atomic mass is 10.2. The molecule has 0 spiro atoms. The Hall–Kier alpha value is -1.34. The molecule has 1 rings (SSSR count). The first-order valence-corrected chi connectivity index (χ1v) is 4.48. The van der Waals surface area contributed by atoms with Crippen LogP contribution in [0.15, 0.2) is 22.7 Å². The van der Waals surface area contributed by atoms with E-state index < -0.39 is 11.8 Å². The van der Waals surface area contributed by atoms with Gasteiger partial charge in [0.15, 0.2) is 0 Å². The van der Waals surface area contributed by atoms with Crippen LogP contribution in [0.4, 0.5) is 4.39 Å². The van der Waals surface area contributed by atoms with Gasteiger partial charge in [-0.1, -0.05) is 5.92 Å². The van der Waals surface area contributed by atoms with Crippen molar-refractivity contribution in [3.05, 3.63) is 34.1 Å². The number of rotatable bonds is 0. The number of halogens is 2. The van der Waals surface area contributed by atoms with E-state index in [9.17, 15) is 9.18 Å². The fourth-order valence-electron chi connectivity index (χ4n) is 0.748. The lowest BCUT2D eigenvalue weighted by Gasteiger charge is -1.93. The Kier molecular flexibility index (Phi) is 3.66. The Morgan fingerprint density at radius 3 is 2.86 bits per heavy atom. The van der Waals surface area contributed by atoms with Gasteiger partial charge in [0.05, 0.1) is 11.6 Å². The minimum absolute atomic E-state index is 0.362. The van der Waals surface area contributed by atoms with E-state index in [1.165, 1.54) is 19.2 Å². The Bertz CT molecular complexity index is 418. The minimum Gasteiger partial charge on any atom is -0.459 e. The summed E-state index contributed by atoms with van der Waals surface area (Å²) < 4.78 is 17.6. The predicted molar refractivity (Wildman–Crippen MR) is 53.0 cm³/mol. The number of ether oxygens (including phenoxy) is 1. The number of benzene rings is 1. The summed E-state index contributed by atoms with van der Waals surface area (Å²) in [7, 11) is 1.24. The van der Waals surface area contributed by atoms with Crippen molar-refractivity contribution >= 4 is 21.9 Å². The van der Waals surface area contributed by atoms with Gasteiger partial charge in [0.25, 0.3) is 0 Å². The first-order valence-electron chi connectivity index (χ1n) is 3.68. The molecule has 1 aromatic rings. The highest BCUT2D eigenvalue weighted by Gasteiger charge is 1.98. The van der Waals surface area contributed by atoms with Gasteiger partial charge in [-0.15, -0.1) is 0 Å². The summed E-state index contributed by atoms with van der Waals surface area (Å²) in [5.74, 6) is 3.62. The highest BCUT2D eigenvalue weighted by atomic mass is 79.9. The van der Waals surface area contributed by atoms with Crippen molar-refractivity contribution in [2.75, 3.05) is 7.11 Å². The number of esters is 1. The third-order valence-corrected chi connectivity index (χ3v) is 2.06. The molecule has 0 bridgehead atoms. The number of carbonyl (C=O) groups excluding carboxylic acids is 1. The van der Waals surface area contributed by atoms with E-state index >= 15 is 0 Å². The number of hydrogen-bond acceptors (Lipinski definition) is 2. The highest BCUT2D eigenvalue weighted by molar-refractivity contribution is 9.10. The average Bonchev–Trinajstić information content (AvgIpc) is 2.19. The maximum absolute atomic E-state index is 13.0. The molecule has 1 aromatic carbocycles. The molecule has 0 radical (unpaired) electrons. The van der Waals surface area contributed by atoms with Gasteiger partial charge >= 0.3 is 5.97 Å². The molecule has 14 heavy (non-hydrogen) atoms. The lowest BCUT2D eigenvalue weighted by molar-refractivity contribution is -0.133. The van der Waals surface area contributed by atoms with Crippen LogP contribution in [0.2, 0.25) is 0 Å². The molecule has 2 nitrogen and oxygen atoms in total. The van der Waals surface area contributed by atoms with E-state index in [-0.39, 0.29) is 0 Å². The van der Waals surface area contributed by atoms with Gasteiger partial charge in [-0.25, -0.2) is 9.18 Å². The molecule has 0 atom stereocenters. The zero-order valence-corrected chi connectivity index (χ0v) is 8.89. The first kappa shape index (κ1) is 10.7. The van der Waals surface area contributed by atoms with Crippen LogP contribution in [0, 0.1) is 17.7 Å². The van der Waals surface area contributed by atoms with Crippen LogP contribution in [0.5, 0.6) is 0 Å². The van der Waals surface area contributed by atoms with Gasteiger partial charge in [-0.05, 0) is 34.1 Å². The fraction of sp³-hybridized carbons (Fsp3) is 0.100. The number of methoxy groups -OCH3 is 1. The summed E-state index contributed by atoms with van der Waals surface area (Å²) >= 11 is 3.01. The molecule has 0 aliphatic carbocycles. The number of hydrogen-bond donors (Lipinski definition) is 0. The van der Waals surface area contributed by atoms with Crippen LogP contribution in [0.3, 0.4) is 0 Å². The van der Waals surface area contributed by atoms with E-state index in [1.54, 1.807) is 6.07 Å². The van der Waals surface area contributed by atoms with Crippen molar-refractivity contribution in [1.29, 1.82) is 0 Å². The smallest absolute Gasteiger partial charge is 0.384 e. The molecule has 72 valence electrons. The quantitative estimate of drug-likeness (QED) is 0.525. The second kappa shape index (κ2) is 4.77. The molecule has 0 saturated carbocycles. The summed E-state index contributed by atoms with van der Waals surface area (Å²) in [6, 6.07) is 4.36. The van der Waals surface area contributed by atoms with Gasteiger partial charge in [-0.2, -0.15) is 0 Å². The van der Waals surface area contributed by atoms with E-state index in [1.807, 2.05) is 0 Å². The van der Waals surface area contributed by atoms with Crippen LogP contribution < -0.4 is 0 Å². The summed E-state index contributed by atoms with van der Waals surface area (Å²) in [6.45, 7) is 0. The predicted octanol–water partition coefficient (Wildman–Crippen LogP) is 2.11. The maximum atomic E-state index is 13.0. The molecule has 4 heteroatoms. The zero-order chi connectivity index (χ0) is 10.6. The Morgan fingerprint density at radius 1 is 1.57 bits per heavy atom. The van der Waals surface area contributed by atoms with Crippen molar-refractivity contribution in [3.8, 4) is 11.8 Å². The monoisotopic (exact) mass is 256 g/mol. The third kappa shape index (κ3) is 2.86. The van der Waals surface area contributed by atoms with Gasteiger partial charge in [0, 0.05) is 11.5 Å². The average molecular weight is 257 g/mol. The SMILES string of the molecule is COC(=O)C#Cc1ccc(Br)c(F)c1. The summed E-state index contributed by atoms with van der Waals surface area (Å²) in [5, 5.41) is 0. The highest BCUT2D eigenvalue weighted by Crippen LogP contribution is 2.15. The second-order valence-electron chi connectivity index (χ2n) is 2.37. The van der Waals surface area contributed by atoms with Gasteiger partial charge < -0.3 is 4.74 Å². The van der Waals surface area contributed by atoms with Crippen molar-refractivity contribution in [1.82, 2.24) is 0 Å². The van der Waals surface area contributed by atoms with E-state index in [4.69, 9.17) is 0 Å². The fourth-order valence-corrected chi connectivity index (χ4v) is 0.995. The molecular formula is C10H6BrFO2. The standard InChI is InChI=1S/C10H6BrFO2/c1-14-10(13)5-3-7-2-4-8(11)9(12)6-7/h2,4,6H,1H3. The normalized spacial score (nSPS) is 8.79. The Labute approximate surface area is 89.2 Å². The largest absolute Gasteiger partial charge is 0.459 e.